The Morgan fingerprint density at radius 1 is 0.875 bits per heavy atom. The molecule has 0 bridgehead atoms. The summed E-state index contributed by atoms with van der Waals surface area (Å²) in [4.78, 5) is 14.5. The van der Waals surface area contributed by atoms with Crippen molar-refractivity contribution in [2.24, 2.45) is 0 Å². The molecule has 1 saturated heterocycles. The van der Waals surface area contributed by atoms with E-state index in [1.165, 1.54) is 25.7 Å². The van der Waals surface area contributed by atoms with Gasteiger partial charge in [-0.1, -0.05) is 25.0 Å². The highest BCUT2D eigenvalue weighted by molar-refractivity contribution is 5.92. The number of carbonyl (C=O) groups is 1. The molecule has 1 aliphatic heterocycles. The van der Waals surface area contributed by atoms with Crippen LogP contribution in [0.2, 0.25) is 0 Å². The summed E-state index contributed by atoms with van der Waals surface area (Å²) in [5.74, 6) is 2.06. The van der Waals surface area contributed by atoms with Gasteiger partial charge in [0.15, 0.2) is 12.4 Å². The standard InChI is InChI=1S/C25H28N4O3/c1-31-21-10-12-22(13-11-21)32-18-25(30)26-20-8-6-19(7-9-20)23-14-15-24(28-27-23)29-16-4-2-3-5-17-29/h6-15H,2-5,16-18H2,1H3,(H,26,30). The number of aromatic nitrogens is 2. The highest BCUT2D eigenvalue weighted by Gasteiger charge is 2.12. The number of anilines is 2. The van der Waals surface area contributed by atoms with Gasteiger partial charge in [0.25, 0.3) is 5.91 Å². The molecular formula is C25H28N4O3. The average molecular weight is 433 g/mol. The van der Waals surface area contributed by atoms with Crippen molar-refractivity contribution < 1.29 is 14.3 Å². The molecule has 32 heavy (non-hydrogen) atoms. The average Bonchev–Trinajstić information content (AvgIpc) is 3.13. The number of rotatable bonds is 7. The molecule has 1 aliphatic rings. The van der Waals surface area contributed by atoms with Crippen LogP contribution in [0.5, 0.6) is 11.5 Å². The fraction of sp³-hybridized carbons (Fsp3) is 0.320. The first kappa shape index (κ1) is 21.6. The van der Waals surface area contributed by atoms with Crippen LogP contribution in [-0.2, 0) is 4.79 Å². The van der Waals surface area contributed by atoms with E-state index in [0.717, 1.165) is 35.9 Å². The quantitative estimate of drug-likeness (QED) is 0.590. The van der Waals surface area contributed by atoms with Crippen LogP contribution in [0.3, 0.4) is 0 Å². The van der Waals surface area contributed by atoms with Crippen molar-refractivity contribution in [3.8, 4) is 22.8 Å². The van der Waals surface area contributed by atoms with Crippen molar-refractivity contribution in [2.75, 3.05) is 37.0 Å². The summed E-state index contributed by atoms with van der Waals surface area (Å²) in [7, 11) is 1.60. The molecule has 7 heteroatoms. The van der Waals surface area contributed by atoms with Crippen molar-refractivity contribution in [1.29, 1.82) is 0 Å². The molecule has 3 aromatic rings. The van der Waals surface area contributed by atoms with E-state index >= 15 is 0 Å². The third-order valence-corrected chi connectivity index (χ3v) is 5.47. The van der Waals surface area contributed by atoms with Crippen molar-refractivity contribution in [2.45, 2.75) is 25.7 Å². The van der Waals surface area contributed by atoms with E-state index in [4.69, 9.17) is 9.47 Å². The lowest BCUT2D eigenvalue weighted by atomic mass is 10.1. The van der Waals surface area contributed by atoms with Gasteiger partial charge in [0.2, 0.25) is 0 Å². The monoisotopic (exact) mass is 432 g/mol. The minimum atomic E-state index is -0.227. The number of nitrogens with zero attached hydrogens (tertiary/aromatic N) is 3. The molecule has 0 spiro atoms. The predicted molar refractivity (Wildman–Crippen MR) is 125 cm³/mol. The van der Waals surface area contributed by atoms with Gasteiger partial charge in [0.05, 0.1) is 12.8 Å². The van der Waals surface area contributed by atoms with Gasteiger partial charge in [-0.2, -0.15) is 0 Å². The molecule has 7 nitrogen and oxygen atoms in total. The van der Waals surface area contributed by atoms with Gasteiger partial charge < -0.3 is 19.7 Å². The Balaban J connectivity index is 1.30. The zero-order valence-corrected chi connectivity index (χ0v) is 18.3. The van der Waals surface area contributed by atoms with Crippen LogP contribution in [0.15, 0.2) is 60.7 Å². The van der Waals surface area contributed by atoms with Crippen molar-refractivity contribution >= 4 is 17.4 Å². The number of carbonyl (C=O) groups excluding carboxylic acids is 1. The van der Waals surface area contributed by atoms with Crippen LogP contribution >= 0.6 is 0 Å². The van der Waals surface area contributed by atoms with Crippen LogP contribution in [0.4, 0.5) is 11.5 Å². The molecule has 0 unspecified atom stereocenters. The molecule has 2 heterocycles. The van der Waals surface area contributed by atoms with Crippen LogP contribution < -0.4 is 19.7 Å². The van der Waals surface area contributed by atoms with Crippen LogP contribution in [0.25, 0.3) is 11.3 Å². The zero-order valence-electron chi connectivity index (χ0n) is 18.3. The summed E-state index contributed by atoms with van der Waals surface area (Å²) < 4.78 is 10.6. The maximum Gasteiger partial charge on any atom is 0.262 e. The molecule has 1 N–H and O–H groups in total. The first-order valence-electron chi connectivity index (χ1n) is 11.0. The molecule has 0 saturated carbocycles. The summed E-state index contributed by atoms with van der Waals surface area (Å²) in [5.41, 5.74) is 2.46. The van der Waals surface area contributed by atoms with E-state index in [1.54, 1.807) is 31.4 Å². The second kappa shape index (κ2) is 10.6. The number of amides is 1. The highest BCUT2D eigenvalue weighted by Crippen LogP contribution is 2.22. The second-order valence-corrected chi connectivity index (χ2v) is 7.77. The Hall–Kier alpha value is -3.61. The number of hydrogen-bond donors (Lipinski definition) is 1. The van der Waals surface area contributed by atoms with Gasteiger partial charge >= 0.3 is 0 Å². The van der Waals surface area contributed by atoms with E-state index in [2.05, 4.69) is 20.4 Å². The fourth-order valence-corrected chi connectivity index (χ4v) is 3.69. The van der Waals surface area contributed by atoms with Crippen molar-refractivity contribution in [3.63, 3.8) is 0 Å². The molecule has 0 atom stereocenters. The number of hydrogen-bond acceptors (Lipinski definition) is 6. The molecule has 1 fully saturated rings. The van der Waals surface area contributed by atoms with E-state index in [9.17, 15) is 4.79 Å². The topological polar surface area (TPSA) is 76.6 Å². The Bertz CT molecular complexity index is 997. The molecule has 4 rings (SSSR count). The number of methoxy groups -OCH3 is 1. The lowest BCUT2D eigenvalue weighted by Crippen LogP contribution is -2.25. The lowest BCUT2D eigenvalue weighted by Gasteiger charge is -2.20. The zero-order chi connectivity index (χ0) is 22.2. The Kier molecular flexibility index (Phi) is 7.17. The summed E-state index contributed by atoms with van der Waals surface area (Å²) >= 11 is 0. The summed E-state index contributed by atoms with van der Waals surface area (Å²) in [5, 5.41) is 11.7. The number of ether oxygens (including phenoxy) is 2. The number of nitrogens with one attached hydrogen (secondary N) is 1. The Morgan fingerprint density at radius 3 is 2.19 bits per heavy atom. The molecule has 166 valence electrons. The molecule has 2 aromatic carbocycles. The maximum absolute atomic E-state index is 12.2. The molecule has 0 radical (unpaired) electrons. The largest absolute Gasteiger partial charge is 0.497 e. The van der Waals surface area contributed by atoms with E-state index in [-0.39, 0.29) is 12.5 Å². The van der Waals surface area contributed by atoms with Gasteiger partial charge in [-0.25, -0.2) is 0 Å². The fourth-order valence-electron chi connectivity index (χ4n) is 3.69. The first-order valence-corrected chi connectivity index (χ1v) is 11.0. The van der Waals surface area contributed by atoms with Gasteiger partial charge in [-0.15, -0.1) is 10.2 Å². The lowest BCUT2D eigenvalue weighted by molar-refractivity contribution is -0.118. The predicted octanol–water partition coefficient (Wildman–Crippen LogP) is 4.55. The minimum absolute atomic E-state index is 0.0719. The molecule has 0 aliphatic carbocycles. The van der Waals surface area contributed by atoms with Crippen LogP contribution in [0.1, 0.15) is 25.7 Å². The van der Waals surface area contributed by atoms with Gasteiger partial charge in [0.1, 0.15) is 11.5 Å². The summed E-state index contributed by atoms with van der Waals surface area (Å²) in [6.07, 6.45) is 5.00. The number of benzene rings is 2. The van der Waals surface area contributed by atoms with E-state index in [0.29, 0.717) is 11.4 Å². The third kappa shape index (κ3) is 5.75. The summed E-state index contributed by atoms with van der Waals surface area (Å²) in [6, 6.07) is 18.7. The SMILES string of the molecule is COc1ccc(OCC(=O)Nc2ccc(-c3ccc(N4CCCCCC4)nn3)cc2)cc1. The molecular weight excluding hydrogens is 404 g/mol. The van der Waals surface area contributed by atoms with Gasteiger partial charge in [-0.3, -0.25) is 4.79 Å². The minimum Gasteiger partial charge on any atom is -0.497 e. The van der Waals surface area contributed by atoms with Gasteiger partial charge in [-0.05, 0) is 61.4 Å². The highest BCUT2D eigenvalue weighted by atomic mass is 16.5. The van der Waals surface area contributed by atoms with Crippen molar-refractivity contribution in [1.82, 2.24) is 10.2 Å². The molecule has 1 amide bonds. The van der Waals surface area contributed by atoms with E-state index < -0.39 is 0 Å². The van der Waals surface area contributed by atoms with Crippen LogP contribution in [-0.4, -0.2) is 42.9 Å². The first-order chi connectivity index (χ1) is 15.7. The second-order valence-electron chi connectivity index (χ2n) is 7.77. The maximum atomic E-state index is 12.2. The van der Waals surface area contributed by atoms with Crippen LogP contribution in [0, 0.1) is 0 Å². The van der Waals surface area contributed by atoms with Crippen molar-refractivity contribution in [3.05, 3.63) is 60.7 Å². The molecule has 1 aromatic heterocycles. The van der Waals surface area contributed by atoms with Gasteiger partial charge in [0, 0.05) is 24.3 Å². The Morgan fingerprint density at radius 2 is 1.56 bits per heavy atom. The third-order valence-electron chi connectivity index (χ3n) is 5.47. The smallest absolute Gasteiger partial charge is 0.262 e. The summed E-state index contributed by atoms with van der Waals surface area (Å²) in [6.45, 7) is 2.02. The Labute approximate surface area is 188 Å². The van der Waals surface area contributed by atoms with E-state index in [1.807, 2.05) is 36.4 Å². The normalized spacial score (nSPS) is 13.8.